The van der Waals surface area contributed by atoms with Crippen LogP contribution in [-0.2, 0) is 11.2 Å². The minimum absolute atomic E-state index is 0.120. The normalized spacial score (nSPS) is 10.6. The first-order chi connectivity index (χ1) is 11.1. The van der Waals surface area contributed by atoms with Gasteiger partial charge in [0.1, 0.15) is 5.82 Å². The van der Waals surface area contributed by atoms with E-state index in [4.69, 9.17) is 9.47 Å². The fourth-order valence-electron chi connectivity index (χ4n) is 1.97. The van der Waals surface area contributed by atoms with Crippen molar-refractivity contribution in [1.82, 2.24) is 5.43 Å². The van der Waals surface area contributed by atoms with E-state index in [1.807, 2.05) is 0 Å². The molecular weight excluding hydrogens is 299 g/mol. The maximum atomic E-state index is 13.4. The quantitative estimate of drug-likeness (QED) is 0.658. The number of carbonyl (C=O) groups is 1. The molecule has 23 heavy (non-hydrogen) atoms. The maximum Gasteiger partial charge on any atom is 0.244 e. The van der Waals surface area contributed by atoms with Crippen LogP contribution in [0.25, 0.3) is 0 Å². The van der Waals surface area contributed by atoms with Crippen LogP contribution >= 0.6 is 0 Å². The molecule has 0 heterocycles. The molecule has 0 aliphatic heterocycles. The average Bonchev–Trinajstić information content (AvgIpc) is 2.56. The van der Waals surface area contributed by atoms with Crippen molar-refractivity contribution in [3.8, 4) is 11.5 Å². The summed E-state index contributed by atoms with van der Waals surface area (Å²) in [4.78, 5) is 11.9. The lowest BCUT2D eigenvalue weighted by atomic mass is 10.1. The lowest BCUT2D eigenvalue weighted by molar-refractivity contribution is -0.120. The van der Waals surface area contributed by atoms with Crippen LogP contribution in [0, 0.1) is 5.82 Å². The molecule has 0 aliphatic carbocycles. The van der Waals surface area contributed by atoms with E-state index in [-0.39, 0.29) is 12.3 Å². The zero-order chi connectivity index (χ0) is 16.7. The number of benzene rings is 2. The number of ether oxygens (including phenoxy) is 2. The standard InChI is InChI=1S/C17H17FN2O3/c1-22-15-8-7-12(9-16(15)23-2)10-17(21)20-19-11-13-5-3-4-6-14(13)18/h3-9,11H,10H2,1-2H3,(H,20,21)/b19-11-. The summed E-state index contributed by atoms with van der Waals surface area (Å²) in [5, 5.41) is 3.75. The molecule has 2 rings (SSSR count). The van der Waals surface area contributed by atoms with Gasteiger partial charge in [0.15, 0.2) is 11.5 Å². The van der Waals surface area contributed by atoms with Gasteiger partial charge in [0.05, 0.1) is 26.9 Å². The highest BCUT2D eigenvalue weighted by molar-refractivity contribution is 5.83. The minimum atomic E-state index is -0.398. The first kappa shape index (κ1) is 16.5. The smallest absolute Gasteiger partial charge is 0.244 e. The number of nitrogens with one attached hydrogen (secondary N) is 1. The van der Waals surface area contributed by atoms with E-state index in [2.05, 4.69) is 10.5 Å². The summed E-state index contributed by atoms with van der Waals surface area (Å²) in [6.07, 6.45) is 1.39. The van der Waals surface area contributed by atoms with E-state index in [1.54, 1.807) is 43.5 Å². The van der Waals surface area contributed by atoms with Gasteiger partial charge in [-0.25, -0.2) is 9.82 Å². The van der Waals surface area contributed by atoms with Crippen LogP contribution in [-0.4, -0.2) is 26.3 Å². The Labute approximate surface area is 133 Å². The Kier molecular flexibility index (Phi) is 5.68. The summed E-state index contributed by atoms with van der Waals surface area (Å²) in [6, 6.07) is 11.4. The highest BCUT2D eigenvalue weighted by atomic mass is 19.1. The second-order valence-electron chi connectivity index (χ2n) is 4.68. The third-order valence-corrected chi connectivity index (χ3v) is 3.11. The molecule has 120 valence electrons. The molecule has 6 heteroatoms. The molecule has 0 saturated carbocycles. The fraction of sp³-hybridized carbons (Fsp3) is 0.176. The van der Waals surface area contributed by atoms with Crippen molar-refractivity contribution in [3.63, 3.8) is 0 Å². The van der Waals surface area contributed by atoms with Crippen LogP contribution in [0.3, 0.4) is 0 Å². The van der Waals surface area contributed by atoms with Crippen molar-refractivity contribution in [3.05, 3.63) is 59.4 Å². The molecule has 0 atom stereocenters. The second kappa shape index (κ2) is 7.93. The first-order valence-electron chi connectivity index (χ1n) is 6.91. The largest absolute Gasteiger partial charge is 0.493 e. The van der Waals surface area contributed by atoms with Crippen LogP contribution in [0.5, 0.6) is 11.5 Å². The number of methoxy groups -OCH3 is 2. The van der Waals surface area contributed by atoms with Crippen molar-refractivity contribution in [1.29, 1.82) is 0 Å². The van der Waals surface area contributed by atoms with E-state index in [0.29, 0.717) is 17.1 Å². The van der Waals surface area contributed by atoms with E-state index in [9.17, 15) is 9.18 Å². The predicted molar refractivity (Wildman–Crippen MR) is 85.4 cm³/mol. The zero-order valence-corrected chi connectivity index (χ0v) is 12.9. The second-order valence-corrected chi connectivity index (χ2v) is 4.68. The van der Waals surface area contributed by atoms with Crippen molar-refractivity contribution in [2.45, 2.75) is 6.42 Å². The Balaban J connectivity index is 1.96. The Morgan fingerprint density at radius 3 is 2.61 bits per heavy atom. The van der Waals surface area contributed by atoms with Gasteiger partial charge in [-0.05, 0) is 23.8 Å². The number of hydrogen-bond donors (Lipinski definition) is 1. The number of carbonyl (C=O) groups excluding carboxylic acids is 1. The monoisotopic (exact) mass is 316 g/mol. The van der Waals surface area contributed by atoms with Gasteiger partial charge in [-0.1, -0.05) is 24.3 Å². The molecule has 0 aromatic heterocycles. The van der Waals surface area contributed by atoms with Crippen molar-refractivity contribution in [2.24, 2.45) is 5.10 Å². The molecule has 0 spiro atoms. The van der Waals surface area contributed by atoms with Crippen molar-refractivity contribution >= 4 is 12.1 Å². The maximum absolute atomic E-state index is 13.4. The van der Waals surface area contributed by atoms with Gasteiger partial charge in [0, 0.05) is 5.56 Å². The molecular formula is C17H17FN2O3. The van der Waals surface area contributed by atoms with Crippen LogP contribution in [0.15, 0.2) is 47.6 Å². The lowest BCUT2D eigenvalue weighted by Gasteiger charge is -2.09. The molecule has 0 fully saturated rings. The molecule has 0 unspecified atom stereocenters. The highest BCUT2D eigenvalue weighted by Crippen LogP contribution is 2.27. The minimum Gasteiger partial charge on any atom is -0.493 e. The molecule has 1 N–H and O–H groups in total. The third kappa shape index (κ3) is 4.54. The summed E-state index contributed by atoms with van der Waals surface area (Å²) in [7, 11) is 3.07. The summed E-state index contributed by atoms with van der Waals surface area (Å²) in [6.45, 7) is 0. The first-order valence-corrected chi connectivity index (χ1v) is 6.91. The van der Waals surface area contributed by atoms with Crippen LogP contribution in [0.4, 0.5) is 4.39 Å². The summed E-state index contributed by atoms with van der Waals surface area (Å²) in [5.74, 6) is 0.428. The zero-order valence-electron chi connectivity index (χ0n) is 12.9. The van der Waals surface area contributed by atoms with Crippen molar-refractivity contribution in [2.75, 3.05) is 14.2 Å². The Bertz CT molecular complexity index is 717. The number of hydrazone groups is 1. The Morgan fingerprint density at radius 2 is 1.91 bits per heavy atom. The predicted octanol–water partition coefficient (Wildman–Crippen LogP) is 2.54. The number of rotatable bonds is 6. The van der Waals surface area contributed by atoms with E-state index in [1.165, 1.54) is 19.4 Å². The number of amides is 1. The lowest BCUT2D eigenvalue weighted by Crippen LogP contribution is -2.19. The van der Waals surface area contributed by atoms with Gasteiger partial charge in [0.25, 0.3) is 0 Å². The third-order valence-electron chi connectivity index (χ3n) is 3.11. The van der Waals surface area contributed by atoms with Gasteiger partial charge in [0.2, 0.25) is 5.91 Å². The number of halogens is 1. The fourth-order valence-corrected chi connectivity index (χ4v) is 1.97. The van der Waals surface area contributed by atoms with Gasteiger partial charge < -0.3 is 9.47 Å². The topological polar surface area (TPSA) is 59.9 Å². The van der Waals surface area contributed by atoms with E-state index in [0.717, 1.165) is 5.56 Å². The van der Waals surface area contributed by atoms with Gasteiger partial charge in [-0.2, -0.15) is 5.10 Å². The molecule has 1 amide bonds. The van der Waals surface area contributed by atoms with Gasteiger partial charge >= 0.3 is 0 Å². The molecule has 0 aliphatic rings. The van der Waals surface area contributed by atoms with Crippen LogP contribution in [0.2, 0.25) is 0 Å². The molecule has 0 radical (unpaired) electrons. The highest BCUT2D eigenvalue weighted by Gasteiger charge is 2.08. The Morgan fingerprint density at radius 1 is 1.17 bits per heavy atom. The van der Waals surface area contributed by atoms with Crippen LogP contribution in [0.1, 0.15) is 11.1 Å². The molecule has 5 nitrogen and oxygen atoms in total. The SMILES string of the molecule is COc1ccc(CC(=O)N/N=C\c2ccccc2F)cc1OC. The van der Waals surface area contributed by atoms with E-state index >= 15 is 0 Å². The van der Waals surface area contributed by atoms with Gasteiger partial charge in [-0.15, -0.1) is 0 Å². The summed E-state index contributed by atoms with van der Waals surface area (Å²) < 4.78 is 23.7. The molecule has 0 bridgehead atoms. The number of hydrogen-bond acceptors (Lipinski definition) is 4. The molecule has 0 saturated heterocycles. The average molecular weight is 316 g/mol. The Hall–Kier alpha value is -2.89. The number of nitrogens with zero attached hydrogens (tertiary/aromatic N) is 1. The summed E-state index contributed by atoms with van der Waals surface area (Å²) >= 11 is 0. The molecule has 2 aromatic rings. The van der Waals surface area contributed by atoms with E-state index < -0.39 is 5.82 Å². The summed E-state index contributed by atoms with van der Waals surface area (Å²) in [5.41, 5.74) is 3.42. The van der Waals surface area contributed by atoms with Crippen LogP contribution < -0.4 is 14.9 Å². The van der Waals surface area contributed by atoms with Gasteiger partial charge in [-0.3, -0.25) is 4.79 Å². The van der Waals surface area contributed by atoms with Crippen molar-refractivity contribution < 1.29 is 18.7 Å². The molecule has 2 aromatic carbocycles.